The summed E-state index contributed by atoms with van der Waals surface area (Å²) in [4.78, 5) is 12.6. The number of nitrogen functional groups attached to an aromatic ring is 1. The Labute approximate surface area is 168 Å². The van der Waals surface area contributed by atoms with E-state index < -0.39 is 0 Å². The quantitative estimate of drug-likeness (QED) is 0.412. The van der Waals surface area contributed by atoms with Crippen LogP contribution in [0.5, 0.6) is 0 Å². The van der Waals surface area contributed by atoms with Gasteiger partial charge in [0, 0.05) is 35.2 Å². The van der Waals surface area contributed by atoms with Crippen LogP contribution in [0.1, 0.15) is 5.56 Å². The highest BCUT2D eigenvalue weighted by molar-refractivity contribution is 14.1. The van der Waals surface area contributed by atoms with E-state index in [1.54, 1.807) is 0 Å². The minimum Gasteiger partial charge on any atom is -0.383 e. The summed E-state index contributed by atoms with van der Waals surface area (Å²) in [6, 6.07) is 12.4. The molecule has 0 aliphatic rings. The third kappa shape index (κ3) is 2.64. The molecule has 0 saturated heterocycles. The molecule has 5 aromatic heterocycles. The molecule has 0 atom stereocenters. The molecule has 5 aromatic rings. The van der Waals surface area contributed by atoms with Crippen molar-refractivity contribution in [3.05, 3.63) is 70.6 Å². The van der Waals surface area contributed by atoms with Gasteiger partial charge in [-0.2, -0.15) is 5.10 Å². The maximum Gasteiger partial charge on any atom is 0.164 e. The van der Waals surface area contributed by atoms with Crippen LogP contribution in [0.4, 0.5) is 5.82 Å². The van der Waals surface area contributed by atoms with Crippen molar-refractivity contribution >= 4 is 45.0 Å². The maximum absolute atomic E-state index is 6.03. The standard InChI is InChI=1S/C19H14IN7/c20-17-15-18(21)23-11-24-19(15)27(25-17)10-13-9-14-3-1-2-8-26(14)16(13)12-4-6-22-7-5-12/h1-9,11H,10H2,(H2,21,23,24). The Kier molecular flexibility index (Phi) is 3.78. The molecule has 0 aromatic carbocycles. The number of hydrogen-bond donors (Lipinski definition) is 1. The van der Waals surface area contributed by atoms with Gasteiger partial charge in [0.15, 0.2) is 5.65 Å². The molecule has 132 valence electrons. The van der Waals surface area contributed by atoms with E-state index in [-0.39, 0.29) is 0 Å². The fourth-order valence-electron chi connectivity index (χ4n) is 3.39. The number of nitrogens with two attached hydrogens (primary N) is 1. The Morgan fingerprint density at radius 2 is 1.93 bits per heavy atom. The monoisotopic (exact) mass is 467 g/mol. The van der Waals surface area contributed by atoms with Crippen molar-refractivity contribution in [1.82, 2.24) is 29.1 Å². The lowest BCUT2D eigenvalue weighted by Crippen LogP contribution is -2.04. The van der Waals surface area contributed by atoms with Crippen molar-refractivity contribution in [2.75, 3.05) is 5.73 Å². The van der Waals surface area contributed by atoms with Gasteiger partial charge in [0.25, 0.3) is 0 Å². The van der Waals surface area contributed by atoms with Gasteiger partial charge in [-0.1, -0.05) is 6.07 Å². The Balaban J connectivity index is 1.72. The minimum absolute atomic E-state index is 0.451. The largest absolute Gasteiger partial charge is 0.383 e. The predicted octanol–water partition coefficient (Wildman–Crippen LogP) is 3.38. The van der Waals surface area contributed by atoms with Crippen LogP contribution in [0.2, 0.25) is 0 Å². The number of fused-ring (bicyclic) bond motifs is 2. The van der Waals surface area contributed by atoms with Gasteiger partial charge >= 0.3 is 0 Å². The van der Waals surface area contributed by atoms with E-state index in [9.17, 15) is 0 Å². The molecule has 0 unspecified atom stereocenters. The van der Waals surface area contributed by atoms with Crippen LogP contribution < -0.4 is 5.73 Å². The first-order chi connectivity index (χ1) is 13.2. The number of anilines is 1. The fourth-order valence-corrected chi connectivity index (χ4v) is 4.17. The lowest BCUT2D eigenvalue weighted by atomic mass is 10.1. The van der Waals surface area contributed by atoms with E-state index in [0.29, 0.717) is 12.4 Å². The van der Waals surface area contributed by atoms with Gasteiger partial charge < -0.3 is 10.1 Å². The third-order valence-electron chi connectivity index (χ3n) is 4.55. The highest BCUT2D eigenvalue weighted by Crippen LogP contribution is 2.29. The highest BCUT2D eigenvalue weighted by atomic mass is 127. The van der Waals surface area contributed by atoms with Gasteiger partial charge in [-0.25, -0.2) is 14.6 Å². The summed E-state index contributed by atoms with van der Waals surface area (Å²) in [5, 5.41) is 5.45. The van der Waals surface area contributed by atoms with Crippen molar-refractivity contribution in [2.24, 2.45) is 0 Å². The topological polar surface area (TPSA) is 86.9 Å². The summed E-state index contributed by atoms with van der Waals surface area (Å²) in [6.07, 6.45) is 7.16. The summed E-state index contributed by atoms with van der Waals surface area (Å²) < 4.78 is 4.87. The van der Waals surface area contributed by atoms with Crippen molar-refractivity contribution < 1.29 is 0 Å². The summed E-state index contributed by atoms with van der Waals surface area (Å²) in [5.74, 6) is 0.451. The van der Waals surface area contributed by atoms with Crippen LogP contribution in [0.15, 0.2) is 61.3 Å². The van der Waals surface area contributed by atoms with Crippen LogP contribution in [-0.4, -0.2) is 29.1 Å². The zero-order valence-corrected chi connectivity index (χ0v) is 16.3. The van der Waals surface area contributed by atoms with E-state index in [1.807, 2.05) is 41.3 Å². The molecular formula is C19H14IN7. The van der Waals surface area contributed by atoms with Crippen LogP contribution in [0, 0.1) is 3.70 Å². The van der Waals surface area contributed by atoms with Crippen molar-refractivity contribution in [3.8, 4) is 11.3 Å². The summed E-state index contributed by atoms with van der Waals surface area (Å²) >= 11 is 2.18. The predicted molar refractivity (Wildman–Crippen MR) is 112 cm³/mol. The molecule has 0 amide bonds. The van der Waals surface area contributed by atoms with Gasteiger partial charge in [0.2, 0.25) is 0 Å². The van der Waals surface area contributed by atoms with Gasteiger partial charge in [0.1, 0.15) is 15.8 Å². The van der Waals surface area contributed by atoms with Crippen molar-refractivity contribution in [1.29, 1.82) is 0 Å². The van der Waals surface area contributed by atoms with E-state index in [1.165, 1.54) is 6.33 Å². The van der Waals surface area contributed by atoms with Crippen LogP contribution in [0.3, 0.4) is 0 Å². The lowest BCUT2D eigenvalue weighted by molar-refractivity contribution is 0.698. The lowest BCUT2D eigenvalue weighted by Gasteiger charge is -2.08. The second-order valence-electron chi connectivity index (χ2n) is 6.16. The van der Waals surface area contributed by atoms with Crippen molar-refractivity contribution in [3.63, 3.8) is 0 Å². The molecule has 0 aliphatic heterocycles. The number of rotatable bonds is 3. The third-order valence-corrected chi connectivity index (χ3v) is 5.30. The zero-order chi connectivity index (χ0) is 18.4. The Bertz CT molecular complexity index is 1270. The number of aromatic nitrogens is 6. The molecule has 0 aliphatic carbocycles. The smallest absolute Gasteiger partial charge is 0.164 e. The highest BCUT2D eigenvalue weighted by Gasteiger charge is 2.17. The molecule has 0 bridgehead atoms. The molecule has 5 rings (SSSR count). The second-order valence-corrected chi connectivity index (χ2v) is 7.18. The Morgan fingerprint density at radius 3 is 2.78 bits per heavy atom. The molecule has 7 nitrogen and oxygen atoms in total. The van der Waals surface area contributed by atoms with Crippen LogP contribution >= 0.6 is 22.6 Å². The van der Waals surface area contributed by atoms with Crippen molar-refractivity contribution in [2.45, 2.75) is 6.54 Å². The van der Waals surface area contributed by atoms with E-state index in [0.717, 1.165) is 37.1 Å². The minimum atomic E-state index is 0.451. The summed E-state index contributed by atoms with van der Waals surface area (Å²) in [5.41, 5.74) is 11.3. The zero-order valence-electron chi connectivity index (χ0n) is 14.1. The molecule has 0 spiro atoms. The molecule has 8 heteroatoms. The van der Waals surface area contributed by atoms with Gasteiger partial charge in [0.05, 0.1) is 17.6 Å². The summed E-state index contributed by atoms with van der Waals surface area (Å²) in [6.45, 7) is 0.579. The molecule has 5 heterocycles. The number of hydrogen-bond acceptors (Lipinski definition) is 5. The van der Waals surface area contributed by atoms with E-state index in [2.05, 4.69) is 65.4 Å². The summed E-state index contributed by atoms with van der Waals surface area (Å²) in [7, 11) is 0. The number of pyridine rings is 2. The average Bonchev–Trinajstić information content (AvgIpc) is 3.21. The van der Waals surface area contributed by atoms with Gasteiger partial charge in [-0.3, -0.25) is 4.98 Å². The first kappa shape index (κ1) is 16.2. The van der Waals surface area contributed by atoms with Crippen LogP contribution in [0.25, 0.3) is 27.8 Å². The Hall–Kier alpha value is -3.01. The molecule has 0 fully saturated rings. The first-order valence-electron chi connectivity index (χ1n) is 8.34. The van der Waals surface area contributed by atoms with Gasteiger partial charge in [-0.15, -0.1) is 0 Å². The molecule has 27 heavy (non-hydrogen) atoms. The fraction of sp³-hybridized carbons (Fsp3) is 0.0526. The normalized spacial score (nSPS) is 11.4. The SMILES string of the molecule is Nc1ncnc2c1c(I)nn2Cc1cc2ccccn2c1-c1ccncc1. The van der Waals surface area contributed by atoms with E-state index in [4.69, 9.17) is 5.73 Å². The number of halogens is 1. The average molecular weight is 467 g/mol. The molecular weight excluding hydrogens is 453 g/mol. The van der Waals surface area contributed by atoms with E-state index >= 15 is 0 Å². The molecule has 2 N–H and O–H groups in total. The first-order valence-corrected chi connectivity index (χ1v) is 9.42. The van der Waals surface area contributed by atoms with Gasteiger partial charge in [-0.05, 0) is 52.9 Å². The van der Waals surface area contributed by atoms with Crippen LogP contribution in [-0.2, 0) is 6.54 Å². The maximum atomic E-state index is 6.03. The second kappa shape index (κ2) is 6.31. The molecule has 0 radical (unpaired) electrons. The Morgan fingerprint density at radius 1 is 1.07 bits per heavy atom. The number of nitrogens with zero attached hydrogens (tertiary/aromatic N) is 6. The molecule has 0 saturated carbocycles.